The average molecular weight is 346 g/mol. The largest absolute Gasteiger partial charge is 1.00 e. The summed E-state index contributed by atoms with van der Waals surface area (Å²) in [6.07, 6.45) is 0. The van der Waals surface area contributed by atoms with E-state index in [0.717, 1.165) is 43.8 Å². The zero-order valence-electron chi connectivity index (χ0n) is 12.6. The molecule has 0 aliphatic carbocycles. The van der Waals surface area contributed by atoms with Crippen molar-refractivity contribution in [3.63, 3.8) is 0 Å². The molecule has 0 spiro atoms. The number of benzene rings is 1. The van der Waals surface area contributed by atoms with Gasteiger partial charge < -0.3 is 26.9 Å². The Morgan fingerprint density at radius 1 is 1.32 bits per heavy atom. The van der Waals surface area contributed by atoms with Gasteiger partial charge in [0.15, 0.2) is 6.54 Å². The number of nitrogens with one attached hydrogen (secondary N) is 1. The molecule has 1 aromatic carbocycles. The lowest BCUT2D eigenvalue weighted by Gasteiger charge is -2.50. The van der Waals surface area contributed by atoms with Crippen LogP contribution in [-0.2, 0) is 4.79 Å². The van der Waals surface area contributed by atoms with E-state index in [-0.39, 0.29) is 18.3 Å². The Balaban J connectivity index is 0.00000176. The minimum absolute atomic E-state index is 0. The molecule has 3 saturated heterocycles. The summed E-state index contributed by atoms with van der Waals surface area (Å²) in [5.41, 5.74) is 0.642. The topological polar surface area (TPSA) is 41.6 Å². The first-order valence-corrected chi connectivity index (χ1v) is 7.69. The maximum atomic E-state index is 12.4. The SMILES string of the molecule is COc1ccc(Cl)cc1NC(=O)C[N+]12CCN(CC1)CC2.[Cl-]. The number of piperazine rings is 3. The second-order valence-corrected chi connectivity index (χ2v) is 6.34. The van der Waals surface area contributed by atoms with Gasteiger partial charge in [0, 0.05) is 24.7 Å². The highest BCUT2D eigenvalue weighted by Crippen LogP contribution is 2.28. The maximum Gasteiger partial charge on any atom is 0.279 e. The van der Waals surface area contributed by atoms with Crippen LogP contribution in [0.25, 0.3) is 0 Å². The van der Waals surface area contributed by atoms with Crippen LogP contribution in [0.4, 0.5) is 5.69 Å². The number of methoxy groups -OCH3 is 1. The van der Waals surface area contributed by atoms with E-state index in [0.29, 0.717) is 23.0 Å². The molecular weight excluding hydrogens is 325 g/mol. The second kappa shape index (κ2) is 7.04. The normalized spacial score (nSPS) is 26.2. The Morgan fingerprint density at radius 2 is 1.95 bits per heavy atom. The lowest BCUT2D eigenvalue weighted by Crippen LogP contribution is -3.00. The number of carbonyl (C=O) groups is 1. The zero-order chi connectivity index (χ0) is 14.9. The summed E-state index contributed by atoms with van der Waals surface area (Å²) >= 11 is 5.99. The molecule has 3 aliphatic heterocycles. The molecule has 0 unspecified atom stereocenters. The second-order valence-electron chi connectivity index (χ2n) is 5.90. The minimum Gasteiger partial charge on any atom is -1.00 e. The summed E-state index contributed by atoms with van der Waals surface area (Å²) in [5.74, 6) is 0.669. The number of amides is 1. The van der Waals surface area contributed by atoms with Crippen molar-refractivity contribution in [3.05, 3.63) is 23.2 Å². The van der Waals surface area contributed by atoms with E-state index in [2.05, 4.69) is 10.2 Å². The highest BCUT2D eigenvalue weighted by molar-refractivity contribution is 6.31. The van der Waals surface area contributed by atoms with Crippen molar-refractivity contribution in [3.8, 4) is 5.75 Å². The van der Waals surface area contributed by atoms with Crippen molar-refractivity contribution in [2.24, 2.45) is 0 Å². The Hall–Kier alpha value is -1.01. The van der Waals surface area contributed by atoms with E-state index in [1.54, 1.807) is 25.3 Å². The molecule has 7 heteroatoms. The fourth-order valence-electron chi connectivity index (χ4n) is 3.24. The van der Waals surface area contributed by atoms with Gasteiger partial charge in [-0.1, -0.05) is 11.6 Å². The van der Waals surface area contributed by atoms with Crippen LogP contribution in [-0.4, -0.2) is 68.2 Å². The Bertz CT molecular complexity index is 532. The molecule has 22 heavy (non-hydrogen) atoms. The first-order valence-electron chi connectivity index (χ1n) is 7.31. The lowest BCUT2D eigenvalue weighted by atomic mass is 10.1. The van der Waals surface area contributed by atoms with Crippen molar-refractivity contribution < 1.29 is 26.4 Å². The Morgan fingerprint density at radius 3 is 2.55 bits per heavy atom. The minimum atomic E-state index is 0. The fraction of sp³-hybridized carbons (Fsp3) is 0.533. The van der Waals surface area contributed by atoms with Gasteiger partial charge in [-0.05, 0) is 18.2 Å². The van der Waals surface area contributed by atoms with Crippen LogP contribution in [0.5, 0.6) is 5.75 Å². The van der Waals surface area contributed by atoms with Crippen LogP contribution in [0.3, 0.4) is 0 Å². The summed E-state index contributed by atoms with van der Waals surface area (Å²) in [4.78, 5) is 14.9. The average Bonchev–Trinajstić information content (AvgIpc) is 2.48. The van der Waals surface area contributed by atoms with Crippen molar-refractivity contribution in [2.75, 3.05) is 58.2 Å². The van der Waals surface area contributed by atoms with Gasteiger partial charge in [-0.3, -0.25) is 9.69 Å². The smallest absolute Gasteiger partial charge is 0.279 e. The van der Waals surface area contributed by atoms with Gasteiger partial charge in [0.05, 0.1) is 32.4 Å². The molecule has 2 bridgehead atoms. The number of rotatable bonds is 4. The number of anilines is 1. The summed E-state index contributed by atoms with van der Waals surface area (Å²) in [5, 5.41) is 3.54. The number of nitrogens with zero attached hydrogens (tertiary/aromatic N) is 2. The third-order valence-corrected chi connectivity index (χ3v) is 4.82. The summed E-state index contributed by atoms with van der Waals surface area (Å²) in [6, 6.07) is 5.25. The molecule has 1 aromatic rings. The molecular formula is C15H21Cl2N3O2. The Kier molecular flexibility index (Phi) is 5.55. The molecule has 0 atom stereocenters. The van der Waals surface area contributed by atoms with E-state index in [1.165, 1.54) is 0 Å². The maximum absolute atomic E-state index is 12.4. The van der Waals surface area contributed by atoms with Gasteiger partial charge in [-0.2, -0.15) is 0 Å². The van der Waals surface area contributed by atoms with Gasteiger partial charge in [-0.25, -0.2) is 0 Å². The monoisotopic (exact) mass is 345 g/mol. The molecule has 1 amide bonds. The number of ether oxygens (including phenoxy) is 1. The van der Waals surface area contributed by atoms with Crippen LogP contribution >= 0.6 is 11.6 Å². The number of fused-ring (bicyclic) bond motifs is 3. The number of quaternary nitrogens is 1. The van der Waals surface area contributed by atoms with Gasteiger partial charge in [0.2, 0.25) is 0 Å². The Labute approximate surface area is 142 Å². The summed E-state index contributed by atoms with van der Waals surface area (Å²) < 4.78 is 6.17. The van der Waals surface area contributed by atoms with Crippen LogP contribution in [0.1, 0.15) is 0 Å². The van der Waals surface area contributed by atoms with E-state index in [9.17, 15) is 4.79 Å². The summed E-state index contributed by atoms with van der Waals surface area (Å²) in [6.45, 7) is 7.05. The van der Waals surface area contributed by atoms with Crippen LogP contribution in [0.15, 0.2) is 18.2 Å². The molecule has 0 saturated carbocycles. The van der Waals surface area contributed by atoms with Crippen molar-refractivity contribution in [1.82, 2.24) is 4.90 Å². The van der Waals surface area contributed by atoms with E-state index >= 15 is 0 Å². The summed E-state index contributed by atoms with van der Waals surface area (Å²) in [7, 11) is 1.59. The third-order valence-electron chi connectivity index (χ3n) is 4.59. The molecule has 3 heterocycles. The standard InChI is InChI=1S/C15H20ClN3O2.ClH/c1-21-14-3-2-12(16)10-13(14)17-15(20)11-19-7-4-18(5-8-19)6-9-19;/h2-3,10H,4-9,11H2,1H3;1H. The number of halogens is 2. The van der Waals surface area contributed by atoms with Crippen LogP contribution in [0, 0.1) is 0 Å². The van der Waals surface area contributed by atoms with Gasteiger partial charge in [-0.15, -0.1) is 0 Å². The van der Waals surface area contributed by atoms with Crippen molar-refractivity contribution >= 4 is 23.2 Å². The zero-order valence-corrected chi connectivity index (χ0v) is 14.2. The molecule has 4 rings (SSSR count). The third kappa shape index (κ3) is 3.66. The van der Waals surface area contributed by atoms with Crippen molar-refractivity contribution in [2.45, 2.75) is 0 Å². The highest BCUT2D eigenvalue weighted by Gasteiger charge is 2.39. The van der Waals surface area contributed by atoms with E-state index < -0.39 is 0 Å². The fourth-order valence-corrected chi connectivity index (χ4v) is 3.41. The number of hydrogen-bond donors (Lipinski definition) is 1. The van der Waals surface area contributed by atoms with Crippen LogP contribution in [0.2, 0.25) is 5.02 Å². The molecule has 1 N–H and O–H groups in total. The predicted molar refractivity (Wildman–Crippen MR) is 82.8 cm³/mol. The van der Waals surface area contributed by atoms with E-state index in [1.807, 2.05) is 0 Å². The van der Waals surface area contributed by atoms with E-state index in [4.69, 9.17) is 16.3 Å². The van der Waals surface area contributed by atoms with Crippen LogP contribution < -0.4 is 22.5 Å². The highest BCUT2D eigenvalue weighted by atomic mass is 35.5. The molecule has 122 valence electrons. The number of carbonyl (C=O) groups excluding carboxylic acids is 1. The first kappa shape index (κ1) is 17.3. The van der Waals surface area contributed by atoms with Crippen molar-refractivity contribution in [1.29, 1.82) is 0 Å². The first-order chi connectivity index (χ1) is 10.1. The van der Waals surface area contributed by atoms with Gasteiger partial charge >= 0.3 is 0 Å². The quantitative estimate of drug-likeness (QED) is 0.671. The predicted octanol–water partition coefficient (Wildman–Crippen LogP) is -1.56. The van der Waals surface area contributed by atoms with Gasteiger partial charge in [0.1, 0.15) is 5.75 Å². The molecule has 5 nitrogen and oxygen atoms in total. The van der Waals surface area contributed by atoms with Gasteiger partial charge in [0.25, 0.3) is 5.91 Å². The molecule has 0 radical (unpaired) electrons. The molecule has 3 fully saturated rings. The molecule has 3 aliphatic rings. The number of hydrogen-bond acceptors (Lipinski definition) is 3. The molecule has 0 aromatic heterocycles. The lowest BCUT2D eigenvalue weighted by molar-refractivity contribution is -0.933.